The molecule has 86 valence electrons. The van der Waals surface area contributed by atoms with E-state index in [0.29, 0.717) is 5.69 Å². The Kier molecular flexibility index (Phi) is 3.70. The highest BCUT2D eigenvalue weighted by Gasteiger charge is 2.19. The Bertz CT molecular complexity index is 436. The summed E-state index contributed by atoms with van der Waals surface area (Å²) in [6.45, 7) is 3.46. The highest BCUT2D eigenvalue weighted by atomic mass is 35.5. The average molecular weight is 244 g/mol. The largest absolute Gasteiger partial charge is 0.490 e. The van der Waals surface area contributed by atoms with Crippen molar-refractivity contribution in [3.8, 4) is 5.75 Å². The molecule has 0 amide bonds. The summed E-state index contributed by atoms with van der Waals surface area (Å²) in [4.78, 5) is 10.1. The van der Waals surface area contributed by atoms with Crippen molar-refractivity contribution in [2.24, 2.45) is 5.84 Å². The second-order valence-electron chi connectivity index (χ2n) is 2.82. The van der Waals surface area contributed by atoms with Crippen molar-refractivity contribution in [3.05, 3.63) is 40.0 Å². The Balaban J connectivity index is 3.36. The monoisotopic (exact) mass is 243 g/mol. The molecule has 1 aromatic carbocycles. The normalized spacial score (nSPS) is 9.69. The number of rotatable bonds is 4. The van der Waals surface area contributed by atoms with E-state index in [1.54, 1.807) is 0 Å². The van der Waals surface area contributed by atoms with E-state index in [9.17, 15) is 10.1 Å². The van der Waals surface area contributed by atoms with Crippen LogP contribution in [0.3, 0.4) is 0 Å². The quantitative estimate of drug-likeness (QED) is 0.497. The van der Waals surface area contributed by atoms with E-state index in [1.165, 1.54) is 25.4 Å². The van der Waals surface area contributed by atoms with Crippen LogP contribution in [0.15, 0.2) is 24.9 Å². The lowest BCUT2D eigenvalue weighted by atomic mass is 10.2. The predicted octanol–water partition coefficient (Wildman–Crippen LogP) is 2.08. The van der Waals surface area contributed by atoms with Gasteiger partial charge in [0.2, 0.25) is 0 Å². The third-order valence-corrected chi connectivity index (χ3v) is 2.22. The van der Waals surface area contributed by atoms with Gasteiger partial charge < -0.3 is 4.74 Å². The lowest BCUT2D eigenvalue weighted by molar-refractivity contribution is -0.385. The summed E-state index contributed by atoms with van der Waals surface area (Å²) in [6, 6.07) is 2.56. The van der Waals surface area contributed by atoms with E-state index >= 15 is 0 Å². The van der Waals surface area contributed by atoms with Crippen molar-refractivity contribution >= 4 is 23.0 Å². The van der Waals surface area contributed by atoms with Crippen LogP contribution in [0.2, 0.25) is 5.02 Å². The summed E-state index contributed by atoms with van der Waals surface area (Å²) in [5, 5.41) is 12.0. The third kappa shape index (κ3) is 2.23. The van der Waals surface area contributed by atoms with E-state index in [0.717, 1.165) is 5.01 Å². The van der Waals surface area contributed by atoms with E-state index in [-0.39, 0.29) is 16.5 Å². The van der Waals surface area contributed by atoms with Gasteiger partial charge in [0, 0.05) is 18.3 Å². The number of benzene rings is 1. The van der Waals surface area contributed by atoms with Crippen molar-refractivity contribution in [1.82, 2.24) is 0 Å². The van der Waals surface area contributed by atoms with Gasteiger partial charge in [0.05, 0.1) is 22.7 Å². The van der Waals surface area contributed by atoms with Gasteiger partial charge in [-0.15, -0.1) is 0 Å². The van der Waals surface area contributed by atoms with Crippen LogP contribution in [0.1, 0.15) is 0 Å². The van der Waals surface area contributed by atoms with Gasteiger partial charge in [-0.25, -0.2) is 5.84 Å². The summed E-state index contributed by atoms with van der Waals surface area (Å²) in [6.07, 6.45) is 1.33. The molecule has 0 atom stereocenters. The van der Waals surface area contributed by atoms with Gasteiger partial charge in [-0.2, -0.15) is 0 Å². The molecule has 0 bridgehead atoms. The van der Waals surface area contributed by atoms with Crippen molar-refractivity contribution in [1.29, 1.82) is 0 Å². The summed E-state index contributed by atoms with van der Waals surface area (Å²) in [7, 11) is 1.33. The maximum absolute atomic E-state index is 10.7. The number of nitro groups is 1. The molecule has 0 aromatic heterocycles. The number of nitro benzene ring substituents is 1. The van der Waals surface area contributed by atoms with Crippen LogP contribution in [0, 0.1) is 10.1 Å². The third-order valence-electron chi connectivity index (χ3n) is 1.92. The molecule has 0 heterocycles. The molecule has 0 aliphatic carbocycles. The predicted molar refractivity (Wildman–Crippen MR) is 61.5 cm³/mol. The van der Waals surface area contributed by atoms with Crippen molar-refractivity contribution in [2.75, 3.05) is 12.1 Å². The minimum Gasteiger partial charge on any atom is -0.490 e. The molecule has 0 aliphatic rings. The Labute approximate surface area is 97.0 Å². The fourth-order valence-corrected chi connectivity index (χ4v) is 1.39. The van der Waals surface area contributed by atoms with Gasteiger partial charge in [0.1, 0.15) is 0 Å². The van der Waals surface area contributed by atoms with Gasteiger partial charge in [-0.3, -0.25) is 15.1 Å². The fourth-order valence-electron chi connectivity index (χ4n) is 1.13. The van der Waals surface area contributed by atoms with Crippen LogP contribution in [0.25, 0.3) is 0 Å². The van der Waals surface area contributed by atoms with Gasteiger partial charge >= 0.3 is 5.69 Å². The lowest BCUT2D eigenvalue weighted by Crippen LogP contribution is -2.23. The number of hydrazine groups is 1. The number of hydrogen-bond acceptors (Lipinski definition) is 5. The second kappa shape index (κ2) is 4.82. The van der Waals surface area contributed by atoms with Gasteiger partial charge in [0.25, 0.3) is 0 Å². The summed E-state index contributed by atoms with van der Waals surface area (Å²) in [5.74, 6) is 5.64. The van der Waals surface area contributed by atoms with E-state index in [4.69, 9.17) is 22.2 Å². The topological polar surface area (TPSA) is 81.6 Å². The van der Waals surface area contributed by atoms with Crippen molar-refractivity contribution in [2.45, 2.75) is 0 Å². The molecule has 6 nitrogen and oxygen atoms in total. The molecular weight excluding hydrogens is 234 g/mol. The molecule has 2 N–H and O–H groups in total. The summed E-state index contributed by atoms with van der Waals surface area (Å²) in [5.41, 5.74) is 0.160. The molecule has 16 heavy (non-hydrogen) atoms. The smallest absolute Gasteiger partial charge is 0.312 e. The number of halogens is 1. The first-order chi connectivity index (χ1) is 7.51. The Morgan fingerprint density at radius 3 is 2.75 bits per heavy atom. The van der Waals surface area contributed by atoms with E-state index in [1.807, 2.05) is 0 Å². The van der Waals surface area contributed by atoms with E-state index < -0.39 is 4.92 Å². The first-order valence-corrected chi connectivity index (χ1v) is 4.57. The molecule has 0 saturated carbocycles. The molecular formula is C9H10ClN3O3. The molecule has 0 saturated heterocycles. The van der Waals surface area contributed by atoms with Gasteiger partial charge in [0.15, 0.2) is 5.75 Å². The highest BCUT2D eigenvalue weighted by molar-refractivity contribution is 6.33. The zero-order valence-corrected chi connectivity index (χ0v) is 9.27. The molecule has 1 aromatic rings. The first kappa shape index (κ1) is 12.3. The van der Waals surface area contributed by atoms with Crippen LogP contribution in [-0.4, -0.2) is 12.0 Å². The molecule has 0 radical (unpaired) electrons. The average Bonchev–Trinajstić information content (AvgIpc) is 2.27. The number of hydrogen-bond donors (Lipinski definition) is 1. The number of nitrogens with two attached hydrogens (primary N) is 1. The van der Waals surface area contributed by atoms with Crippen molar-refractivity contribution < 1.29 is 9.66 Å². The molecule has 7 heteroatoms. The summed E-state index contributed by atoms with van der Waals surface area (Å²) >= 11 is 5.85. The molecule has 0 spiro atoms. The first-order valence-electron chi connectivity index (χ1n) is 4.19. The molecule has 0 fully saturated rings. The zero-order valence-electron chi connectivity index (χ0n) is 8.51. The second-order valence-corrected chi connectivity index (χ2v) is 3.23. The fraction of sp³-hybridized carbons (Fsp3) is 0.111. The maximum atomic E-state index is 10.7. The van der Waals surface area contributed by atoms with Crippen LogP contribution in [0.4, 0.5) is 11.4 Å². The van der Waals surface area contributed by atoms with E-state index in [2.05, 4.69) is 6.58 Å². The Morgan fingerprint density at radius 2 is 2.31 bits per heavy atom. The molecule has 0 unspecified atom stereocenters. The standard InChI is InChI=1S/C9H10ClN3O3/c1-3-12(11)7-5-9(16-2)8(13(14)15)4-6(7)10/h3-5H,1,11H2,2H3. The lowest BCUT2D eigenvalue weighted by Gasteiger charge is -2.15. The zero-order chi connectivity index (χ0) is 12.3. The Morgan fingerprint density at radius 1 is 1.69 bits per heavy atom. The van der Waals surface area contributed by atoms with Gasteiger partial charge in [-0.05, 0) is 0 Å². The molecule has 0 aliphatic heterocycles. The number of nitrogens with zero attached hydrogens (tertiary/aromatic N) is 2. The van der Waals surface area contributed by atoms with Gasteiger partial charge in [-0.1, -0.05) is 18.2 Å². The number of ether oxygens (including phenoxy) is 1. The maximum Gasteiger partial charge on any atom is 0.312 e. The minimum atomic E-state index is -0.580. The van der Waals surface area contributed by atoms with Crippen molar-refractivity contribution in [3.63, 3.8) is 0 Å². The Hall–Kier alpha value is -1.79. The van der Waals surface area contributed by atoms with Crippen LogP contribution in [-0.2, 0) is 0 Å². The SMILES string of the molecule is C=CN(N)c1cc(OC)c([N+](=O)[O-])cc1Cl. The molecule has 1 rings (SSSR count). The number of methoxy groups -OCH3 is 1. The van der Waals surface area contributed by atoms with Crippen LogP contribution in [0.5, 0.6) is 5.75 Å². The minimum absolute atomic E-state index is 0.0849. The van der Waals surface area contributed by atoms with Crippen LogP contribution < -0.4 is 15.6 Å². The highest BCUT2D eigenvalue weighted by Crippen LogP contribution is 2.36. The number of anilines is 1. The van der Waals surface area contributed by atoms with Crippen LogP contribution >= 0.6 is 11.6 Å². The summed E-state index contributed by atoms with van der Waals surface area (Å²) < 4.78 is 4.88.